The number of aliphatic hydroxyl groups is 1. The quantitative estimate of drug-likeness (QED) is 0.339. The standard InChI is InChI=1S/C25H25N3O6S/c29-10-9-21(24(31)32)27-23(30)22(11-15-12-26-14-35-15)28-25(33)34-13-20-18-7-3-1-5-16(18)17-6-2-4-8-19(17)20/h1-8,12,14,20-22,29H,9-11,13H2,(H,27,30)(H,28,33)(H,31,32). The van der Waals surface area contributed by atoms with Crippen molar-refractivity contribution in [2.45, 2.75) is 30.8 Å². The highest BCUT2D eigenvalue weighted by Crippen LogP contribution is 2.44. The average Bonchev–Trinajstić information content (AvgIpc) is 3.48. The Bertz CT molecular complexity index is 1150. The molecule has 2 amide bonds. The number of alkyl carbamates (subject to hydrolysis) is 1. The van der Waals surface area contributed by atoms with Gasteiger partial charge in [0.1, 0.15) is 18.7 Å². The largest absolute Gasteiger partial charge is 0.480 e. The van der Waals surface area contributed by atoms with Crippen molar-refractivity contribution < 1.29 is 29.3 Å². The molecule has 0 saturated heterocycles. The number of aliphatic hydroxyl groups excluding tert-OH is 1. The van der Waals surface area contributed by atoms with E-state index in [4.69, 9.17) is 9.84 Å². The Labute approximate surface area is 205 Å². The molecule has 1 heterocycles. The summed E-state index contributed by atoms with van der Waals surface area (Å²) in [6.07, 6.45) is 0.753. The molecule has 2 unspecified atom stereocenters. The summed E-state index contributed by atoms with van der Waals surface area (Å²) < 4.78 is 5.54. The summed E-state index contributed by atoms with van der Waals surface area (Å²) in [5.74, 6) is -2.10. The van der Waals surface area contributed by atoms with Crippen LogP contribution in [0, 0.1) is 0 Å². The number of carbonyl (C=O) groups is 3. The number of amides is 2. The Balaban J connectivity index is 1.44. The van der Waals surface area contributed by atoms with Crippen molar-refractivity contribution >= 4 is 29.3 Å². The molecule has 0 saturated carbocycles. The van der Waals surface area contributed by atoms with Crippen LogP contribution in [-0.4, -0.2) is 58.5 Å². The van der Waals surface area contributed by atoms with Crippen LogP contribution in [0.5, 0.6) is 0 Å². The third-order valence-corrected chi connectivity index (χ3v) is 6.68. The van der Waals surface area contributed by atoms with E-state index in [0.717, 1.165) is 27.1 Å². The predicted molar refractivity (Wildman–Crippen MR) is 129 cm³/mol. The van der Waals surface area contributed by atoms with Crippen molar-refractivity contribution in [1.82, 2.24) is 15.6 Å². The number of carbonyl (C=O) groups excluding carboxylic acids is 2. The number of rotatable bonds is 10. The van der Waals surface area contributed by atoms with Gasteiger partial charge in [-0.25, -0.2) is 9.59 Å². The highest BCUT2D eigenvalue weighted by Gasteiger charge is 2.31. The minimum Gasteiger partial charge on any atom is -0.480 e. The van der Waals surface area contributed by atoms with Crippen LogP contribution in [0.2, 0.25) is 0 Å². The first kappa shape index (κ1) is 24.4. The van der Waals surface area contributed by atoms with E-state index >= 15 is 0 Å². The van der Waals surface area contributed by atoms with Gasteiger partial charge in [-0.2, -0.15) is 0 Å². The van der Waals surface area contributed by atoms with Crippen LogP contribution in [0.1, 0.15) is 28.3 Å². The fraction of sp³-hybridized carbons (Fsp3) is 0.280. The molecule has 35 heavy (non-hydrogen) atoms. The summed E-state index contributed by atoms with van der Waals surface area (Å²) in [6, 6.07) is 13.6. The summed E-state index contributed by atoms with van der Waals surface area (Å²) in [5, 5.41) is 23.3. The zero-order valence-corrected chi connectivity index (χ0v) is 19.5. The number of carboxylic acid groups (broad SMARTS) is 1. The number of nitrogens with one attached hydrogen (secondary N) is 2. The van der Waals surface area contributed by atoms with Crippen LogP contribution < -0.4 is 10.6 Å². The van der Waals surface area contributed by atoms with Crippen LogP contribution in [-0.2, 0) is 20.7 Å². The first-order valence-corrected chi connectivity index (χ1v) is 12.0. The predicted octanol–water partition coefficient (Wildman–Crippen LogP) is 2.54. The van der Waals surface area contributed by atoms with Crippen LogP contribution >= 0.6 is 11.3 Å². The number of ether oxygens (including phenoxy) is 1. The first-order chi connectivity index (χ1) is 17.0. The van der Waals surface area contributed by atoms with E-state index in [0.29, 0.717) is 0 Å². The maximum atomic E-state index is 12.8. The first-order valence-electron chi connectivity index (χ1n) is 11.1. The van der Waals surface area contributed by atoms with E-state index in [2.05, 4.69) is 15.6 Å². The topological polar surface area (TPSA) is 138 Å². The van der Waals surface area contributed by atoms with Gasteiger partial charge in [0, 0.05) is 36.4 Å². The van der Waals surface area contributed by atoms with E-state index in [1.54, 1.807) is 11.7 Å². The van der Waals surface area contributed by atoms with Gasteiger partial charge in [-0.05, 0) is 22.3 Å². The number of aliphatic carboxylic acids is 1. The minimum absolute atomic E-state index is 0.0804. The average molecular weight is 496 g/mol. The van der Waals surface area contributed by atoms with Gasteiger partial charge in [-0.1, -0.05) is 48.5 Å². The molecule has 182 valence electrons. The number of benzene rings is 2. The maximum Gasteiger partial charge on any atom is 0.407 e. The molecule has 2 aromatic carbocycles. The molecule has 1 aliphatic carbocycles. The Morgan fingerprint density at radius 2 is 1.66 bits per heavy atom. The smallest absolute Gasteiger partial charge is 0.407 e. The molecule has 9 nitrogen and oxygen atoms in total. The van der Waals surface area contributed by atoms with Crippen LogP contribution in [0.4, 0.5) is 4.79 Å². The molecule has 1 aromatic heterocycles. The molecule has 3 aromatic rings. The third-order valence-electron chi connectivity index (χ3n) is 5.87. The van der Waals surface area contributed by atoms with Gasteiger partial charge in [0.15, 0.2) is 0 Å². The van der Waals surface area contributed by atoms with Crippen molar-refractivity contribution in [2.75, 3.05) is 13.2 Å². The van der Waals surface area contributed by atoms with Crippen molar-refractivity contribution in [3.05, 3.63) is 76.2 Å². The van der Waals surface area contributed by atoms with Crippen molar-refractivity contribution in [3.63, 3.8) is 0 Å². The van der Waals surface area contributed by atoms with Gasteiger partial charge < -0.3 is 25.6 Å². The Hall–Kier alpha value is -3.76. The minimum atomic E-state index is -1.28. The van der Waals surface area contributed by atoms with E-state index in [9.17, 15) is 19.5 Å². The van der Waals surface area contributed by atoms with Crippen LogP contribution in [0.25, 0.3) is 11.1 Å². The van der Waals surface area contributed by atoms with Crippen molar-refractivity contribution in [3.8, 4) is 11.1 Å². The van der Waals surface area contributed by atoms with E-state index in [1.165, 1.54) is 11.3 Å². The number of aromatic nitrogens is 1. The van der Waals surface area contributed by atoms with Crippen molar-refractivity contribution in [1.29, 1.82) is 0 Å². The molecule has 4 rings (SSSR count). The van der Waals surface area contributed by atoms with E-state index < -0.39 is 36.7 Å². The lowest BCUT2D eigenvalue weighted by molar-refractivity contribution is -0.142. The van der Waals surface area contributed by atoms with Gasteiger partial charge in [-0.15, -0.1) is 11.3 Å². The summed E-state index contributed by atoms with van der Waals surface area (Å²) >= 11 is 1.31. The molecule has 0 bridgehead atoms. The lowest BCUT2D eigenvalue weighted by Gasteiger charge is -2.21. The van der Waals surface area contributed by atoms with Gasteiger partial charge in [0.25, 0.3) is 0 Å². The van der Waals surface area contributed by atoms with Crippen LogP contribution in [0.15, 0.2) is 60.2 Å². The molecular weight excluding hydrogens is 470 g/mol. The van der Waals surface area contributed by atoms with Gasteiger partial charge in [-0.3, -0.25) is 9.78 Å². The second-order valence-electron chi connectivity index (χ2n) is 8.11. The second-order valence-corrected chi connectivity index (χ2v) is 9.08. The molecule has 10 heteroatoms. The number of nitrogens with zero attached hydrogens (tertiary/aromatic N) is 1. The molecule has 2 atom stereocenters. The molecule has 4 N–H and O–H groups in total. The zero-order chi connectivity index (χ0) is 24.8. The Morgan fingerprint density at radius 3 is 2.23 bits per heavy atom. The van der Waals surface area contributed by atoms with Crippen molar-refractivity contribution in [2.24, 2.45) is 0 Å². The highest BCUT2D eigenvalue weighted by molar-refractivity contribution is 7.09. The monoisotopic (exact) mass is 495 g/mol. The Kier molecular flexibility index (Phi) is 7.74. The number of carboxylic acids is 1. The number of hydrogen-bond donors (Lipinski definition) is 4. The zero-order valence-electron chi connectivity index (χ0n) is 18.7. The molecule has 0 aliphatic heterocycles. The summed E-state index contributed by atoms with van der Waals surface area (Å²) in [5.41, 5.74) is 5.93. The lowest BCUT2D eigenvalue weighted by Crippen LogP contribution is -2.52. The highest BCUT2D eigenvalue weighted by atomic mass is 32.1. The second kappa shape index (κ2) is 11.1. The number of thiazole rings is 1. The third kappa shape index (κ3) is 5.67. The van der Waals surface area contributed by atoms with E-state index in [1.807, 2.05) is 48.5 Å². The fourth-order valence-corrected chi connectivity index (χ4v) is 4.84. The summed E-state index contributed by atoms with van der Waals surface area (Å²) in [6.45, 7) is -0.326. The molecule has 0 radical (unpaired) electrons. The molecular formula is C25H25N3O6S. The summed E-state index contributed by atoms with van der Waals surface area (Å²) in [7, 11) is 0. The van der Waals surface area contributed by atoms with Gasteiger partial charge >= 0.3 is 12.1 Å². The number of fused-ring (bicyclic) bond motifs is 3. The van der Waals surface area contributed by atoms with Gasteiger partial charge in [0.2, 0.25) is 5.91 Å². The molecule has 1 aliphatic rings. The molecule has 0 spiro atoms. The molecule has 0 fully saturated rings. The number of hydrogen-bond acceptors (Lipinski definition) is 7. The Morgan fingerprint density at radius 1 is 1.00 bits per heavy atom. The lowest BCUT2D eigenvalue weighted by atomic mass is 9.98. The summed E-state index contributed by atoms with van der Waals surface area (Å²) in [4.78, 5) is 41.7. The SMILES string of the molecule is O=C(NC(Cc1cncs1)C(=O)NC(CCO)C(=O)O)OCC1c2ccccc2-c2ccccc21. The fourth-order valence-electron chi connectivity index (χ4n) is 4.19. The maximum absolute atomic E-state index is 12.8. The normalized spacial score (nSPS) is 13.9. The van der Waals surface area contributed by atoms with Crippen LogP contribution in [0.3, 0.4) is 0 Å². The van der Waals surface area contributed by atoms with E-state index in [-0.39, 0.29) is 25.4 Å². The van der Waals surface area contributed by atoms with Gasteiger partial charge in [0.05, 0.1) is 5.51 Å².